The van der Waals surface area contributed by atoms with Crippen LogP contribution in [0.1, 0.15) is 32.6 Å². The maximum atomic E-state index is 11.6. The van der Waals surface area contributed by atoms with E-state index in [2.05, 4.69) is 5.32 Å². The van der Waals surface area contributed by atoms with Crippen molar-refractivity contribution in [1.82, 2.24) is 10.2 Å². The van der Waals surface area contributed by atoms with E-state index >= 15 is 0 Å². The highest BCUT2D eigenvalue weighted by Crippen LogP contribution is 2.17. The molecule has 98 valence electrons. The monoisotopic (exact) mass is 242 g/mol. The molecule has 0 radical (unpaired) electrons. The first-order chi connectivity index (χ1) is 8.19. The summed E-state index contributed by atoms with van der Waals surface area (Å²) in [7, 11) is 1.40. The molecule has 1 amide bonds. The molecule has 1 aliphatic rings. The lowest BCUT2D eigenvalue weighted by Crippen LogP contribution is -2.49. The van der Waals surface area contributed by atoms with Gasteiger partial charge in [0.05, 0.1) is 13.7 Å². The number of rotatable bonds is 5. The van der Waals surface area contributed by atoms with Crippen molar-refractivity contribution in [2.24, 2.45) is 0 Å². The van der Waals surface area contributed by atoms with E-state index in [1.165, 1.54) is 7.11 Å². The maximum Gasteiger partial charge on any atom is 0.323 e. The number of piperidine rings is 1. The molecule has 5 nitrogen and oxygen atoms in total. The van der Waals surface area contributed by atoms with Gasteiger partial charge in [-0.1, -0.05) is 13.3 Å². The van der Waals surface area contributed by atoms with Crippen LogP contribution in [0.4, 0.5) is 0 Å². The number of nitrogens with zero attached hydrogens (tertiary/aromatic N) is 1. The van der Waals surface area contributed by atoms with Crippen molar-refractivity contribution in [1.29, 1.82) is 0 Å². The van der Waals surface area contributed by atoms with E-state index in [1.54, 1.807) is 0 Å². The van der Waals surface area contributed by atoms with Crippen LogP contribution in [0.15, 0.2) is 0 Å². The number of hydrogen-bond acceptors (Lipinski definition) is 4. The molecule has 1 saturated heterocycles. The van der Waals surface area contributed by atoms with Gasteiger partial charge in [0.25, 0.3) is 0 Å². The summed E-state index contributed by atoms with van der Waals surface area (Å²) >= 11 is 0. The quantitative estimate of drug-likeness (QED) is 0.715. The van der Waals surface area contributed by atoms with Crippen LogP contribution in [0.2, 0.25) is 0 Å². The Hall–Kier alpha value is -1.10. The van der Waals surface area contributed by atoms with Crippen molar-refractivity contribution in [3.63, 3.8) is 0 Å². The summed E-state index contributed by atoms with van der Waals surface area (Å²) in [6.07, 6.45) is 3.77. The van der Waals surface area contributed by atoms with E-state index in [1.807, 2.05) is 11.8 Å². The van der Waals surface area contributed by atoms with Crippen molar-refractivity contribution < 1.29 is 14.3 Å². The minimum atomic E-state index is -0.249. The molecule has 0 saturated carbocycles. The van der Waals surface area contributed by atoms with Crippen molar-refractivity contribution in [2.45, 2.75) is 38.6 Å². The average Bonchev–Trinajstić information content (AvgIpc) is 2.36. The third-order valence-electron chi connectivity index (χ3n) is 3.01. The van der Waals surface area contributed by atoms with Crippen LogP contribution in [-0.2, 0) is 14.3 Å². The highest BCUT2D eigenvalue weighted by Gasteiger charge is 2.30. The van der Waals surface area contributed by atoms with Crippen molar-refractivity contribution >= 4 is 11.9 Å². The number of amides is 1. The molecule has 0 spiro atoms. The standard InChI is InChI=1S/C12H22N2O3/c1-3-7-13-11(15)9-14-8-5-4-6-10(14)12(16)17-2/h10H,3-9H2,1-2H3,(H,13,15)/t10-/m1/s1. The lowest BCUT2D eigenvalue weighted by atomic mass is 10.0. The largest absolute Gasteiger partial charge is 0.468 e. The summed E-state index contributed by atoms with van der Waals surface area (Å²) in [4.78, 5) is 25.1. The topological polar surface area (TPSA) is 58.6 Å². The first-order valence-electron chi connectivity index (χ1n) is 6.27. The van der Waals surface area contributed by atoms with Gasteiger partial charge in [-0.25, -0.2) is 0 Å². The normalized spacial score (nSPS) is 20.9. The first kappa shape index (κ1) is 14.0. The van der Waals surface area contributed by atoms with Gasteiger partial charge in [0, 0.05) is 6.54 Å². The predicted octanol–water partition coefficient (Wildman–Crippen LogP) is 0.540. The Morgan fingerprint density at radius 3 is 2.82 bits per heavy atom. The molecule has 17 heavy (non-hydrogen) atoms. The summed E-state index contributed by atoms with van der Waals surface area (Å²) < 4.78 is 4.77. The smallest absolute Gasteiger partial charge is 0.323 e. The molecule has 0 bridgehead atoms. The van der Waals surface area contributed by atoms with Gasteiger partial charge in [-0.05, 0) is 25.8 Å². The van der Waals surface area contributed by atoms with Crippen LogP contribution in [0.3, 0.4) is 0 Å². The molecular formula is C12H22N2O3. The second-order valence-electron chi connectivity index (χ2n) is 4.36. The van der Waals surface area contributed by atoms with E-state index in [4.69, 9.17) is 4.74 Å². The third-order valence-corrected chi connectivity index (χ3v) is 3.01. The predicted molar refractivity (Wildman–Crippen MR) is 64.5 cm³/mol. The number of ether oxygens (including phenoxy) is 1. The van der Waals surface area contributed by atoms with Crippen molar-refractivity contribution in [3.05, 3.63) is 0 Å². The van der Waals surface area contributed by atoms with Crippen LogP contribution >= 0.6 is 0 Å². The summed E-state index contributed by atoms with van der Waals surface area (Å²) in [6, 6.07) is -0.249. The number of esters is 1. The average molecular weight is 242 g/mol. The second kappa shape index (κ2) is 7.27. The Balaban J connectivity index is 2.47. The third kappa shape index (κ3) is 4.34. The minimum Gasteiger partial charge on any atom is -0.468 e. The molecule has 0 unspecified atom stereocenters. The molecule has 0 aromatic heterocycles. The molecule has 5 heteroatoms. The van der Waals surface area contributed by atoms with Crippen LogP contribution in [-0.4, -0.2) is 49.6 Å². The van der Waals surface area contributed by atoms with Gasteiger partial charge in [-0.15, -0.1) is 0 Å². The highest BCUT2D eigenvalue weighted by molar-refractivity contribution is 5.80. The zero-order valence-corrected chi connectivity index (χ0v) is 10.7. The number of likely N-dealkylation sites (tertiary alicyclic amines) is 1. The number of hydrogen-bond donors (Lipinski definition) is 1. The molecule has 0 aromatic carbocycles. The van der Waals surface area contributed by atoms with E-state index in [0.29, 0.717) is 13.1 Å². The SMILES string of the molecule is CCCNC(=O)CN1CCCC[C@@H]1C(=O)OC. The minimum absolute atomic E-state index is 0.0114. The van der Waals surface area contributed by atoms with Gasteiger partial charge in [0.1, 0.15) is 6.04 Å². The lowest BCUT2D eigenvalue weighted by molar-refractivity contribution is -0.148. The zero-order chi connectivity index (χ0) is 12.7. The van der Waals surface area contributed by atoms with Gasteiger partial charge < -0.3 is 10.1 Å². The van der Waals surface area contributed by atoms with Gasteiger partial charge in [-0.3, -0.25) is 14.5 Å². The molecule has 1 rings (SSSR count). The summed E-state index contributed by atoms with van der Waals surface area (Å²) in [5, 5.41) is 2.82. The number of nitrogens with one attached hydrogen (secondary N) is 1. The molecule has 1 fully saturated rings. The molecule has 1 heterocycles. The molecule has 0 aromatic rings. The fourth-order valence-electron chi connectivity index (χ4n) is 2.09. The van der Waals surface area contributed by atoms with Crippen LogP contribution in [0, 0.1) is 0 Å². The van der Waals surface area contributed by atoms with Crippen LogP contribution in [0.25, 0.3) is 0 Å². The van der Waals surface area contributed by atoms with Crippen molar-refractivity contribution in [2.75, 3.05) is 26.7 Å². The van der Waals surface area contributed by atoms with Crippen LogP contribution in [0.5, 0.6) is 0 Å². The Morgan fingerprint density at radius 2 is 2.18 bits per heavy atom. The molecular weight excluding hydrogens is 220 g/mol. The fourth-order valence-corrected chi connectivity index (χ4v) is 2.09. The van der Waals surface area contributed by atoms with Gasteiger partial charge >= 0.3 is 5.97 Å². The van der Waals surface area contributed by atoms with Gasteiger partial charge in [-0.2, -0.15) is 0 Å². The summed E-state index contributed by atoms with van der Waals surface area (Å²) in [5.41, 5.74) is 0. The lowest BCUT2D eigenvalue weighted by Gasteiger charge is -2.32. The van der Waals surface area contributed by atoms with Gasteiger partial charge in [0.2, 0.25) is 5.91 Å². The Morgan fingerprint density at radius 1 is 1.41 bits per heavy atom. The van der Waals surface area contributed by atoms with Crippen molar-refractivity contribution in [3.8, 4) is 0 Å². The molecule has 0 aliphatic carbocycles. The maximum absolute atomic E-state index is 11.6. The van der Waals surface area contributed by atoms with E-state index in [9.17, 15) is 9.59 Å². The molecule has 1 atom stereocenters. The number of carbonyl (C=O) groups excluding carboxylic acids is 2. The molecule has 1 aliphatic heterocycles. The first-order valence-corrected chi connectivity index (χ1v) is 6.27. The zero-order valence-electron chi connectivity index (χ0n) is 10.7. The summed E-state index contributed by atoms with van der Waals surface area (Å²) in [5.74, 6) is -0.240. The van der Waals surface area contributed by atoms with Crippen LogP contribution < -0.4 is 5.32 Å². The Bertz CT molecular complexity index is 268. The summed E-state index contributed by atoms with van der Waals surface area (Å²) in [6.45, 7) is 3.78. The highest BCUT2D eigenvalue weighted by atomic mass is 16.5. The number of carbonyl (C=O) groups is 2. The van der Waals surface area contributed by atoms with Gasteiger partial charge in [0.15, 0.2) is 0 Å². The Kier molecular flexibility index (Phi) is 5.97. The fraction of sp³-hybridized carbons (Fsp3) is 0.833. The van der Waals surface area contributed by atoms with E-state index in [-0.39, 0.29) is 17.9 Å². The molecule has 1 N–H and O–H groups in total. The second-order valence-corrected chi connectivity index (χ2v) is 4.36. The van der Waals surface area contributed by atoms with E-state index < -0.39 is 0 Å². The number of methoxy groups -OCH3 is 1. The van der Waals surface area contributed by atoms with E-state index in [0.717, 1.165) is 32.2 Å². The Labute approximate surface area is 102 Å².